The Bertz CT molecular complexity index is 487. The van der Waals surface area contributed by atoms with Gasteiger partial charge in [-0.05, 0) is 42.2 Å². The molecule has 2 atom stereocenters. The minimum atomic E-state index is -0.425. The van der Waals surface area contributed by atoms with Crippen LogP contribution in [0.5, 0.6) is 0 Å². The van der Waals surface area contributed by atoms with Crippen LogP contribution in [0.15, 0.2) is 34.7 Å². The number of hydrogen-bond acceptors (Lipinski definition) is 4. The smallest absolute Gasteiger partial charge is 0.0960 e. The fraction of sp³-hybridized carbons (Fsp3) is 0.647. The van der Waals surface area contributed by atoms with E-state index in [1.54, 1.807) is 18.1 Å². The molecule has 1 aromatic rings. The highest BCUT2D eigenvalue weighted by atomic mass is 32.2. The molecule has 1 unspecified atom stereocenters. The minimum absolute atomic E-state index is 0.262. The highest BCUT2D eigenvalue weighted by molar-refractivity contribution is 8.20. The van der Waals surface area contributed by atoms with Crippen molar-refractivity contribution in [1.29, 1.82) is 0 Å². The SMILES string of the molecule is CC1(C)CCC=C(C2SCCS2)[C@H]1CC(O)c1ccoc1. The number of rotatable bonds is 4. The van der Waals surface area contributed by atoms with Crippen molar-refractivity contribution >= 4 is 23.5 Å². The first-order valence-electron chi connectivity index (χ1n) is 7.71. The van der Waals surface area contributed by atoms with E-state index in [-0.39, 0.29) is 5.41 Å². The van der Waals surface area contributed by atoms with E-state index in [1.807, 2.05) is 6.07 Å². The summed E-state index contributed by atoms with van der Waals surface area (Å²) in [7, 11) is 0. The summed E-state index contributed by atoms with van der Waals surface area (Å²) in [5, 5.41) is 10.6. The van der Waals surface area contributed by atoms with Gasteiger partial charge in [0.2, 0.25) is 0 Å². The number of aliphatic hydroxyl groups is 1. The van der Waals surface area contributed by atoms with Gasteiger partial charge in [0.05, 0.1) is 23.2 Å². The number of aliphatic hydroxyl groups excluding tert-OH is 1. The molecule has 1 N–H and O–H groups in total. The molecule has 0 amide bonds. The molecule has 0 saturated carbocycles. The Hall–Kier alpha value is -0.320. The third kappa shape index (κ3) is 3.38. The Balaban J connectivity index is 1.80. The molecule has 1 aromatic heterocycles. The van der Waals surface area contributed by atoms with Crippen molar-refractivity contribution in [2.75, 3.05) is 11.5 Å². The van der Waals surface area contributed by atoms with Crippen molar-refractivity contribution in [2.45, 2.75) is 43.8 Å². The zero-order valence-electron chi connectivity index (χ0n) is 12.7. The molecular formula is C17H24O2S2. The Morgan fingerprint density at radius 3 is 2.81 bits per heavy atom. The summed E-state index contributed by atoms with van der Waals surface area (Å²) in [5.74, 6) is 2.97. The van der Waals surface area contributed by atoms with Gasteiger partial charge in [-0.25, -0.2) is 0 Å². The van der Waals surface area contributed by atoms with Gasteiger partial charge in [0.25, 0.3) is 0 Å². The lowest BCUT2D eigenvalue weighted by atomic mass is 9.66. The molecule has 1 fully saturated rings. The third-order valence-corrected chi connectivity index (χ3v) is 7.90. The average molecular weight is 325 g/mol. The van der Waals surface area contributed by atoms with Gasteiger partial charge in [0.1, 0.15) is 0 Å². The zero-order chi connectivity index (χ0) is 14.9. The van der Waals surface area contributed by atoms with Crippen LogP contribution in [0.2, 0.25) is 0 Å². The maximum Gasteiger partial charge on any atom is 0.0960 e. The predicted molar refractivity (Wildman–Crippen MR) is 91.6 cm³/mol. The standard InChI is InChI=1S/C17H24O2S2/c1-17(2)6-3-4-13(16-20-8-9-21-16)14(17)10-15(18)12-5-7-19-11-12/h4-5,7,11,14-16,18H,3,6,8-10H2,1-2H3/t14-,15?/m1/s1. The van der Waals surface area contributed by atoms with Crippen LogP contribution >= 0.6 is 23.5 Å². The number of furan rings is 1. The van der Waals surface area contributed by atoms with Crippen LogP contribution in [0.4, 0.5) is 0 Å². The Kier molecular flexibility index (Phi) is 4.77. The molecule has 116 valence electrons. The van der Waals surface area contributed by atoms with Crippen molar-refractivity contribution in [2.24, 2.45) is 11.3 Å². The largest absolute Gasteiger partial charge is 0.472 e. The van der Waals surface area contributed by atoms with E-state index in [2.05, 4.69) is 43.4 Å². The molecule has 2 heterocycles. The first-order chi connectivity index (χ1) is 10.1. The summed E-state index contributed by atoms with van der Waals surface area (Å²) >= 11 is 4.14. The van der Waals surface area contributed by atoms with Crippen LogP contribution in [0.1, 0.15) is 44.8 Å². The molecule has 4 heteroatoms. The minimum Gasteiger partial charge on any atom is -0.472 e. The average Bonchev–Trinajstić information content (AvgIpc) is 3.13. The highest BCUT2D eigenvalue weighted by Crippen LogP contribution is 2.51. The number of hydrogen-bond donors (Lipinski definition) is 1. The van der Waals surface area contributed by atoms with E-state index in [4.69, 9.17) is 4.42 Å². The summed E-state index contributed by atoms with van der Waals surface area (Å²) < 4.78 is 5.72. The summed E-state index contributed by atoms with van der Waals surface area (Å²) in [4.78, 5) is 0. The normalized spacial score (nSPS) is 27.6. The molecule has 0 radical (unpaired) electrons. The molecule has 2 aliphatic rings. The maximum atomic E-state index is 10.6. The van der Waals surface area contributed by atoms with E-state index < -0.39 is 6.10 Å². The van der Waals surface area contributed by atoms with E-state index in [0.29, 0.717) is 10.5 Å². The van der Waals surface area contributed by atoms with E-state index in [0.717, 1.165) is 12.0 Å². The van der Waals surface area contributed by atoms with Gasteiger partial charge >= 0.3 is 0 Å². The zero-order valence-corrected chi connectivity index (χ0v) is 14.4. The van der Waals surface area contributed by atoms with Crippen LogP contribution in [0, 0.1) is 11.3 Å². The van der Waals surface area contributed by atoms with Gasteiger partial charge in [-0.1, -0.05) is 19.9 Å². The molecule has 0 aromatic carbocycles. The van der Waals surface area contributed by atoms with Crippen molar-refractivity contribution in [1.82, 2.24) is 0 Å². The summed E-state index contributed by atoms with van der Waals surface area (Å²) in [6.07, 6.45) is 8.53. The van der Waals surface area contributed by atoms with Gasteiger partial charge in [-0.2, -0.15) is 0 Å². The van der Waals surface area contributed by atoms with Crippen LogP contribution in [-0.4, -0.2) is 21.2 Å². The third-order valence-electron chi connectivity index (χ3n) is 4.80. The first kappa shape index (κ1) is 15.6. The molecule has 1 aliphatic carbocycles. The quantitative estimate of drug-likeness (QED) is 0.801. The second-order valence-corrected chi connectivity index (χ2v) is 9.39. The summed E-state index contributed by atoms with van der Waals surface area (Å²) in [6, 6.07) is 1.88. The van der Waals surface area contributed by atoms with Gasteiger partial charge in [0, 0.05) is 17.1 Å². The van der Waals surface area contributed by atoms with Gasteiger partial charge < -0.3 is 9.52 Å². The molecule has 1 aliphatic heterocycles. The van der Waals surface area contributed by atoms with Crippen LogP contribution < -0.4 is 0 Å². The monoisotopic (exact) mass is 324 g/mol. The maximum absolute atomic E-state index is 10.6. The van der Waals surface area contributed by atoms with Crippen molar-refractivity contribution < 1.29 is 9.52 Å². The second-order valence-electron chi connectivity index (χ2n) is 6.67. The molecule has 3 rings (SSSR count). The number of thioether (sulfide) groups is 2. The topological polar surface area (TPSA) is 33.4 Å². The Morgan fingerprint density at radius 1 is 1.38 bits per heavy atom. The van der Waals surface area contributed by atoms with Gasteiger partial charge in [-0.3, -0.25) is 0 Å². The Labute approximate surface area is 135 Å². The predicted octanol–water partition coefficient (Wildman–Crippen LogP) is 4.87. The first-order valence-corrected chi connectivity index (χ1v) is 9.81. The van der Waals surface area contributed by atoms with Gasteiger partial charge in [0.15, 0.2) is 0 Å². The molecule has 0 bridgehead atoms. The molecule has 1 saturated heterocycles. The molecule has 21 heavy (non-hydrogen) atoms. The van der Waals surface area contributed by atoms with Crippen molar-refractivity contribution in [3.05, 3.63) is 35.8 Å². The van der Waals surface area contributed by atoms with Crippen molar-refractivity contribution in [3.8, 4) is 0 Å². The lowest BCUT2D eigenvalue weighted by Gasteiger charge is -2.42. The summed E-state index contributed by atoms with van der Waals surface area (Å²) in [5.41, 5.74) is 2.74. The molecule has 0 spiro atoms. The lowest BCUT2D eigenvalue weighted by molar-refractivity contribution is 0.101. The number of allylic oxidation sites excluding steroid dienone is 1. The van der Waals surface area contributed by atoms with E-state index >= 15 is 0 Å². The van der Waals surface area contributed by atoms with E-state index in [1.165, 1.54) is 24.3 Å². The second kappa shape index (κ2) is 6.43. The summed E-state index contributed by atoms with van der Waals surface area (Å²) in [6.45, 7) is 4.72. The van der Waals surface area contributed by atoms with Crippen LogP contribution in [0.3, 0.4) is 0 Å². The van der Waals surface area contributed by atoms with Crippen LogP contribution in [0.25, 0.3) is 0 Å². The Morgan fingerprint density at radius 2 is 2.14 bits per heavy atom. The highest BCUT2D eigenvalue weighted by Gasteiger charge is 2.39. The van der Waals surface area contributed by atoms with Crippen LogP contribution in [-0.2, 0) is 0 Å². The van der Waals surface area contributed by atoms with Gasteiger partial charge in [-0.15, -0.1) is 23.5 Å². The van der Waals surface area contributed by atoms with E-state index in [9.17, 15) is 5.11 Å². The molecule has 2 nitrogen and oxygen atoms in total. The fourth-order valence-electron chi connectivity index (χ4n) is 3.47. The lowest BCUT2D eigenvalue weighted by Crippen LogP contribution is -2.32. The molecular weight excluding hydrogens is 300 g/mol. The fourth-order valence-corrected chi connectivity index (χ4v) is 6.54. The van der Waals surface area contributed by atoms with Crippen molar-refractivity contribution in [3.63, 3.8) is 0 Å².